The van der Waals surface area contributed by atoms with E-state index in [2.05, 4.69) is 11.6 Å². The van der Waals surface area contributed by atoms with Crippen molar-refractivity contribution >= 4 is 15.9 Å². The number of hydrogen-bond acceptors (Lipinski definition) is 5. The van der Waals surface area contributed by atoms with E-state index in [0.717, 1.165) is 31.4 Å². The van der Waals surface area contributed by atoms with Crippen LogP contribution < -0.4 is 14.2 Å². The molecule has 0 aromatic heterocycles. The van der Waals surface area contributed by atoms with Gasteiger partial charge in [0.05, 0.1) is 4.90 Å². The quantitative estimate of drug-likeness (QED) is 0.488. The lowest BCUT2D eigenvalue weighted by Crippen LogP contribution is -2.31. The van der Waals surface area contributed by atoms with Gasteiger partial charge in [-0.05, 0) is 37.0 Å². The second-order valence-corrected chi connectivity index (χ2v) is 9.58. The molecule has 0 fully saturated rings. The minimum Gasteiger partial charge on any atom is -0.486 e. The first kappa shape index (κ1) is 24.1. The van der Waals surface area contributed by atoms with E-state index < -0.39 is 10.0 Å². The van der Waals surface area contributed by atoms with Crippen molar-refractivity contribution < 1.29 is 22.7 Å². The van der Waals surface area contributed by atoms with Gasteiger partial charge in [-0.25, -0.2) is 13.1 Å². The molecular weight excluding hydrogens is 428 g/mol. The number of sulfonamides is 1. The van der Waals surface area contributed by atoms with Crippen molar-refractivity contribution in [2.24, 2.45) is 0 Å². The molecule has 0 saturated carbocycles. The zero-order valence-electron chi connectivity index (χ0n) is 18.6. The summed E-state index contributed by atoms with van der Waals surface area (Å²) >= 11 is 0. The van der Waals surface area contributed by atoms with Crippen molar-refractivity contribution in [2.45, 2.75) is 50.5 Å². The van der Waals surface area contributed by atoms with Crippen LogP contribution in [0.3, 0.4) is 0 Å². The van der Waals surface area contributed by atoms with Gasteiger partial charge < -0.3 is 14.4 Å². The average Bonchev–Trinajstić information content (AvgIpc) is 2.81. The molecule has 0 radical (unpaired) electrons. The predicted molar refractivity (Wildman–Crippen MR) is 123 cm³/mol. The topological polar surface area (TPSA) is 84.9 Å². The van der Waals surface area contributed by atoms with Gasteiger partial charge in [0.1, 0.15) is 13.2 Å². The molecule has 7 nitrogen and oxygen atoms in total. The van der Waals surface area contributed by atoms with Crippen LogP contribution in [0.15, 0.2) is 53.4 Å². The fourth-order valence-corrected chi connectivity index (χ4v) is 4.67. The summed E-state index contributed by atoms with van der Waals surface area (Å²) in [5.41, 5.74) is 1.13. The van der Waals surface area contributed by atoms with E-state index in [4.69, 9.17) is 9.47 Å². The Balaban J connectivity index is 1.39. The number of amides is 1. The largest absolute Gasteiger partial charge is 0.486 e. The second kappa shape index (κ2) is 11.9. The lowest BCUT2D eigenvalue weighted by Gasteiger charge is -2.22. The number of unbranched alkanes of at least 4 members (excludes halogenated alkanes) is 2. The van der Waals surface area contributed by atoms with Crippen molar-refractivity contribution in [3.63, 3.8) is 0 Å². The van der Waals surface area contributed by atoms with Crippen LogP contribution in [0.1, 0.15) is 44.6 Å². The van der Waals surface area contributed by atoms with E-state index in [1.807, 2.05) is 35.2 Å². The summed E-state index contributed by atoms with van der Waals surface area (Å²) in [4.78, 5) is 14.7. The molecule has 8 heteroatoms. The highest BCUT2D eigenvalue weighted by Gasteiger charge is 2.19. The smallest absolute Gasteiger partial charge is 0.240 e. The number of carbonyl (C=O) groups excluding carboxylic acids is 1. The maximum absolute atomic E-state index is 12.6. The Bertz CT molecular complexity index is 979. The van der Waals surface area contributed by atoms with Crippen molar-refractivity contribution in [2.75, 3.05) is 26.3 Å². The SMILES string of the molecule is CCCN(Cc1ccccc1)C(=O)CCCCCNS(=O)(=O)c1ccc2c(c1)OCCO2. The first-order valence-electron chi connectivity index (χ1n) is 11.2. The molecule has 2 aromatic carbocycles. The molecule has 1 N–H and O–H groups in total. The van der Waals surface area contributed by atoms with E-state index >= 15 is 0 Å². The Hall–Kier alpha value is -2.58. The summed E-state index contributed by atoms with van der Waals surface area (Å²) in [5, 5.41) is 0. The third kappa shape index (κ3) is 6.97. The molecule has 0 saturated heterocycles. The van der Waals surface area contributed by atoms with Crippen LogP contribution in [-0.4, -0.2) is 45.5 Å². The highest BCUT2D eigenvalue weighted by Crippen LogP contribution is 2.32. The number of hydrogen-bond donors (Lipinski definition) is 1. The van der Waals surface area contributed by atoms with Crippen LogP contribution in [0.25, 0.3) is 0 Å². The summed E-state index contributed by atoms with van der Waals surface area (Å²) < 4.78 is 38.6. The van der Waals surface area contributed by atoms with Gasteiger partial charge >= 0.3 is 0 Å². The van der Waals surface area contributed by atoms with Gasteiger partial charge in [-0.2, -0.15) is 0 Å². The number of carbonyl (C=O) groups is 1. The van der Waals surface area contributed by atoms with Gasteiger partial charge in [0.2, 0.25) is 15.9 Å². The van der Waals surface area contributed by atoms with Crippen molar-refractivity contribution in [1.29, 1.82) is 0 Å². The molecule has 1 aliphatic rings. The number of nitrogens with zero attached hydrogens (tertiary/aromatic N) is 1. The minimum absolute atomic E-state index is 0.146. The van der Waals surface area contributed by atoms with Crippen LogP contribution in [0.2, 0.25) is 0 Å². The van der Waals surface area contributed by atoms with Gasteiger partial charge in [-0.15, -0.1) is 0 Å². The van der Waals surface area contributed by atoms with Crippen LogP contribution >= 0.6 is 0 Å². The summed E-state index contributed by atoms with van der Waals surface area (Å²) in [6.45, 7) is 4.63. The molecule has 0 spiro atoms. The second-order valence-electron chi connectivity index (χ2n) is 7.81. The molecule has 0 bridgehead atoms. The molecule has 174 valence electrons. The zero-order valence-corrected chi connectivity index (χ0v) is 19.4. The molecule has 0 atom stereocenters. The minimum atomic E-state index is -3.61. The highest BCUT2D eigenvalue weighted by molar-refractivity contribution is 7.89. The Morgan fingerprint density at radius 2 is 1.75 bits per heavy atom. The summed E-state index contributed by atoms with van der Waals surface area (Å²) in [5.74, 6) is 1.15. The van der Waals surface area contributed by atoms with Crippen molar-refractivity contribution in [3.8, 4) is 11.5 Å². The van der Waals surface area contributed by atoms with E-state index in [1.54, 1.807) is 6.07 Å². The predicted octanol–water partition coefficient (Wildman–Crippen LogP) is 3.74. The van der Waals surface area contributed by atoms with Crippen LogP contribution in [-0.2, 0) is 21.4 Å². The van der Waals surface area contributed by atoms with Crippen LogP contribution in [0, 0.1) is 0 Å². The Morgan fingerprint density at radius 1 is 1.00 bits per heavy atom. The van der Waals surface area contributed by atoms with Crippen molar-refractivity contribution in [3.05, 3.63) is 54.1 Å². The molecule has 2 aromatic rings. The fourth-order valence-electron chi connectivity index (χ4n) is 3.58. The molecular formula is C24H32N2O5S. The summed E-state index contributed by atoms with van der Waals surface area (Å²) in [6, 6.07) is 14.6. The third-order valence-electron chi connectivity index (χ3n) is 5.25. The van der Waals surface area contributed by atoms with Gasteiger partial charge in [-0.1, -0.05) is 43.7 Å². The Morgan fingerprint density at radius 3 is 2.50 bits per heavy atom. The number of benzene rings is 2. The van der Waals surface area contributed by atoms with Gasteiger partial charge in [0, 0.05) is 32.1 Å². The lowest BCUT2D eigenvalue weighted by atomic mass is 10.1. The first-order chi connectivity index (χ1) is 15.5. The molecule has 1 aliphatic heterocycles. The number of nitrogens with one attached hydrogen (secondary N) is 1. The molecule has 0 aliphatic carbocycles. The maximum Gasteiger partial charge on any atom is 0.240 e. The Kier molecular flexibility index (Phi) is 8.93. The van der Waals surface area contributed by atoms with Crippen molar-refractivity contribution in [1.82, 2.24) is 9.62 Å². The van der Waals surface area contributed by atoms with Crippen LogP contribution in [0.4, 0.5) is 0 Å². The van der Waals surface area contributed by atoms with E-state index in [0.29, 0.717) is 50.6 Å². The summed E-state index contributed by atoms with van der Waals surface area (Å²) in [7, 11) is -3.61. The standard InChI is InChI=1S/C24H32N2O5S/c1-2-15-26(19-20-9-5-3-6-10-20)24(27)11-7-4-8-14-25-32(28,29)21-12-13-22-23(18-21)31-17-16-30-22/h3,5-6,9-10,12-13,18,25H,2,4,7-8,11,14-17,19H2,1H3. The zero-order chi connectivity index (χ0) is 22.8. The van der Waals surface area contributed by atoms with Gasteiger partial charge in [0.25, 0.3) is 0 Å². The maximum atomic E-state index is 12.6. The number of rotatable bonds is 12. The summed E-state index contributed by atoms with van der Waals surface area (Å²) in [6.07, 6.45) is 3.58. The Labute approximate surface area is 190 Å². The average molecular weight is 461 g/mol. The number of ether oxygens (including phenoxy) is 2. The molecule has 3 rings (SSSR count). The fraction of sp³-hybridized carbons (Fsp3) is 0.458. The third-order valence-corrected chi connectivity index (χ3v) is 6.70. The number of fused-ring (bicyclic) bond motifs is 1. The normalized spacial score (nSPS) is 13.0. The van der Waals surface area contributed by atoms with E-state index in [9.17, 15) is 13.2 Å². The molecule has 0 unspecified atom stereocenters. The molecule has 1 amide bonds. The van der Waals surface area contributed by atoms with Gasteiger partial charge in [0.15, 0.2) is 11.5 Å². The molecule has 1 heterocycles. The van der Waals surface area contributed by atoms with Gasteiger partial charge in [-0.3, -0.25) is 4.79 Å². The molecule has 32 heavy (non-hydrogen) atoms. The highest BCUT2D eigenvalue weighted by atomic mass is 32.2. The van der Waals surface area contributed by atoms with Crippen LogP contribution in [0.5, 0.6) is 11.5 Å². The first-order valence-corrected chi connectivity index (χ1v) is 12.7. The van der Waals surface area contributed by atoms with E-state index in [-0.39, 0.29) is 10.8 Å². The van der Waals surface area contributed by atoms with E-state index in [1.165, 1.54) is 12.1 Å². The monoisotopic (exact) mass is 460 g/mol. The lowest BCUT2D eigenvalue weighted by molar-refractivity contribution is -0.132.